The van der Waals surface area contributed by atoms with Crippen LogP contribution in [-0.4, -0.2) is 23.9 Å². The van der Waals surface area contributed by atoms with Crippen molar-refractivity contribution in [2.45, 2.75) is 57.9 Å². The highest BCUT2D eigenvalue weighted by Gasteiger charge is 2.18. The molecule has 0 saturated heterocycles. The van der Waals surface area contributed by atoms with Gasteiger partial charge in [-0.25, -0.2) is 0 Å². The number of carbonyl (C=O) groups is 1. The molecule has 4 heteroatoms. The third kappa shape index (κ3) is 5.58. The molecule has 2 unspecified atom stereocenters. The van der Waals surface area contributed by atoms with Gasteiger partial charge in [0.1, 0.15) is 17.2 Å². The molecule has 0 radical (unpaired) electrons. The summed E-state index contributed by atoms with van der Waals surface area (Å²) in [6.07, 6.45) is 0.987. The molecule has 0 spiro atoms. The van der Waals surface area contributed by atoms with Crippen molar-refractivity contribution < 1.29 is 9.53 Å². The van der Waals surface area contributed by atoms with E-state index in [1.54, 1.807) is 6.92 Å². The van der Waals surface area contributed by atoms with E-state index in [1.807, 2.05) is 19.1 Å². The molecule has 3 nitrogen and oxygen atoms in total. The molecule has 1 aromatic carbocycles. The zero-order valence-electron chi connectivity index (χ0n) is 13.6. The highest BCUT2D eigenvalue weighted by molar-refractivity contribution is 6.30. The van der Waals surface area contributed by atoms with Crippen molar-refractivity contribution >= 4 is 17.5 Å². The zero-order chi connectivity index (χ0) is 16.0. The van der Waals surface area contributed by atoms with E-state index in [4.69, 9.17) is 16.3 Å². The Balaban J connectivity index is 2.54. The Kier molecular flexibility index (Phi) is 6.53. The number of amides is 1. The molecule has 1 N–H and O–H groups in total. The van der Waals surface area contributed by atoms with Crippen LogP contribution in [0.3, 0.4) is 0 Å². The smallest absolute Gasteiger partial charge is 0.237 e. The number of carbonyl (C=O) groups excluding carboxylic acids is 1. The predicted molar refractivity (Wildman–Crippen MR) is 88.2 cm³/mol. The standard InChI is InChI=1S/C17H26ClNO2/c1-6-17(4,5)14-7-9-15(10-8-14)21-12(2)11-19-16(20)13(3)18/h7-10,12-13H,6,11H2,1-5H3,(H,19,20). The highest BCUT2D eigenvalue weighted by atomic mass is 35.5. The summed E-state index contributed by atoms with van der Waals surface area (Å²) in [6.45, 7) is 10.7. The van der Waals surface area contributed by atoms with Crippen molar-refractivity contribution in [1.82, 2.24) is 5.32 Å². The molecule has 118 valence electrons. The predicted octanol–water partition coefficient (Wildman–Crippen LogP) is 3.89. The lowest BCUT2D eigenvalue weighted by Gasteiger charge is -2.24. The molecule has 1 rings (SSSR count). The van der Waals surface area contributed by atoms with Crippen LogP contribution >= 0.6 is 11.6 Å². The molecule has 0 aliphatic heterocycles. The molecular weight excluding hydrogens is 286 g/mol. The number of benzene rings is 1. The highest BCUT2D eigenvalue weighted by Crippen LogP contribution is 2.28. The number of alkyl halides is 1. The minimum atomic E-state index is -0.521. The van der Waals surface area contributed by atoms with Crippen molar-refractivity contribution in [1.29, 1.82) is 0 Å². The molecule has 0 saturated carbocycles. The average molecular weight is 312 g/mol. The summed E-state index contributed by atoms with van der Waals surface area (Å²) in [6, 6.07) is 8.17. The monoisotopic (exact) mass is 311 g/mol. The van der Waals surface area contributed by atoms with E-state index >= 15 is 0 Å². The fourth-order valence-corrected chi connectivity index (χ4v) is 1.92. The second-order valence-corrected chi connectivity index (χ2v) is 6.71. The SMILES string of the molecule is CCC(C)(C)c1ccc(OC(C)CNC(=O)C(C)Cl)cc1. The van der Waals surface area contributed by atoms with E-state index in [0.29, 0.717) is 6.54 Å². The van der Waals surface area contributed by atoms with Gasteiger partial charge in [0, 0.05) is 0 Å². The van der Waals surface area contributed by atoms with Crippen LogP contribution in [0.2, 0.25) is 0 Å². The van der Waals surface area contributed by atoms with Gasteiger partial charge >= 0.3 is 0 Å². The molecule has 1 aromatic rings. The second kappa shape index (κ2) is 7.69. The van der Waals surface area contributed by atoms with E-state index < -0.39 is 5.38 Å². The number of rotatable bonds is 7. The maximum Gasteiger partial charge on any atom is 0.237 e. The van der Waals surface area contributed by atoms with Crippen LogP contribution in [0.25, 0.3) is 0 Å². The van der Waals surface area contributed by atoms with Crippen molar-refractivity contribution in [2.24, 2.45) is 0 Å². The molecule has 0 fully saturated rings. The maximum absolute atomic E-state index is 11.4. The van der Waals surface area contributed by atoms with Gasteiger partial charge in [0.05, 0.1) is 6.54 Å². The van der Waals surface area contributed by atoms with Crippen LogP contribution in [0, 0.1) is 0 Å². The first-order valence-electron chi connectivity index (χ1n) is 7.45. The van der Waals surface area contributed by atoms with Gasteiger partial charge in [0.15, 0.2) is 0 Å². The Morgan fingerprint density at radius 1 is 1.29 bits per heavy atom. The summed E-state index contributed by atoms with van der Waals surface area (Å²) >= 11 is 5.69. The minimum Gasteiger partial charge on any atom is -0.489 e. The summed E-state index contributed by atoms with van der Waals surface area (Å²) < 4.78 is 5.79. The van der Waals surface area contributed by atoms with Crippen LogP contribution < -0.4 is 10.1 Å². The van der Waals surface area contributed by atoms with E-state index in [-0.39, 0.29) is 17.4 Å². The molecule has 1 amide bonds. The molecule has 0 heterocycles. The fourth-order valence-electron chi connectivity index (χ4n) is 1.85. The van der Waals surface area contributed by atoms with Gasteiger partial charge in [0.2, 0.25) is 5.91 Å². The number of halogens is 1. The van der Waals surface area contributed by atoms with Crippen molar-refractivity contribution in [3.63, 3.8) is 0 Å². The van der Waals surface area contributed by atoms with Crippen molar-refractivity contribution in [3.8, 4) is 5.75 Å². The van der Waals surface area contributed by atoms with E-state index in [9.17, 15) is 4.79 Å². The largest absolute Gasteiger partial charge is 0.489 e. The van der Waals surface area contributed by atoms with E-state index in [1.165, 1.54) is 5.56 Å². The second-order valence-electron chi connectivity index (χ2n) is 6.05. The number of hydrogen-bond acceptors (Lipinski definition) is 2. The summed E-state index contributed by atoms with van der Waals surface area (Å²) in [5.41, 5.74) is 1.48. The Labute approximate surface area is 133 Å². The first-order chi connectivity index (χ1) is 9.76. The van der Waals surface area contributed by atoms with Crippen LogP contribution in [0.5, 0.6) is 5.75 Å². The van der Waals surface area contributed by atoms with Crippen LogP contribution in [0.4, 0.5) is 0 Å². The first-order valence-corrected chi connectivity index (χ1v) is 7.89. The molecular formula is C17H26ClNO2. The van der Waals surface area contributed by atoms with E-state index in [0.717, 1.165) is 12.2 Å². The van der Waals surface area contributed by atoms with Crippen LogP contribution in [0.1, 0.15) is 46.6 Å². The number of hydrogen-bond donors (Lipinski definition) is 1. The van der Waals surface area contributed by atoms with Gasteiger partial charge in [-0.3, -0.25) is 4.79 Å². The quantitative estimate of drug-likeness (QED) is 0.776. The normalized spacial score (nSPS) is 14.4. The average Bonchev–Trinajstić information content (AvgIpc) is 2.45. The lowest BCUT2D eigenvalue weighted by atomic mass is 9.82. The Bertz CT molecular complexity index is 454. The lowest BCUT2D eigenvalue weighted by Crippen LogP contribution is -2.36. The zero-order valence-corrected chi connectivity index (χ0v) is 14.3. The van der Waals surface area contributed by atoms with E-state index in [2.05, 4.69) is 38.2 Å². The molecule has 0 aliphatic carbocycles. The lowest BCUT2D eigenvalue weighted by molar-refractivity contribution is -0.120. The minimum absolute atomic E-state index is 0.102. The Morgan fingerprint density at radius 2 is 1.86 bits per heavy atom. The number of ether oxygens (including phenoxy) is 1. The van der Waals surface area contributed by atoms with Gasteiger partial charge in [0.25, 0.3) is 0 Å². The summed E-state index contributed by atoms with van der Waals surface area (Å²) in [5, 5.41) is 2.23. The summed E-state index contributed by atoms with van der Waals surface area (Å²) in [7, 11) is 0. The van der Waals surface area contributed by atoms with Gasteiger partial charge < -0.3 is 10.1 Å². The summed E-state index contributed by atoms with van der Waals surface area (Å²) in [4.78, 5) is 11.4. The first kappa shape index (κ1) is 17.8. The maximum atomic E-state index is 11.4. The van der Waals surface area contributed by atoms with Gasteiger partial charge in [-0.05, 0) is 43.4 Å². The molecule has 21 heavy (non-hydrogen) atoms. The van der Waals surface area contributed by atoms with Crippen LogP contribution in [-0.2, 0) is 10.2 Å². The topological polar surface area (TPSA) is 38.3 Å². The van der Waals surface area contributed by atoms with Gasteiger partial charge in [-0.15, -0.1) is 11.6 Å². The Morgan fingerprint density at radius 3 is 2.33 bits per heavy atom. The number of nitrogens with one attached hydrogen (secondary N) is 1. The molecule has 0 aromatic heterocycles. The molecule has 0 bridgehead atoms. The molecule has 2 atom stereocenters. The molecule has 0 aliphatic rings. The van der Waals surface area contributed by atoms with Gasteiger partial charge in [-0.1, -0.05) is 32.9 Å². The summed E-state index contributed by atoms with van der Waals surface area (Å²) in [5.74, 6) is 0.637. The van der Waals surface area contributed by atoms with Crippen LogP contribution in [0.15, 0.2) is 24.3 Å². The third-order valence-electron chi connectivity index (χ3n) is 3.78. The Hall–Kier alpha value is -1.22. The van der Waals surface area contributed by atoms with Crippen molar-refractivity contribution in [2.75, 3.05) is 6.54 Å². The fraction of sp³-hybridized carbons (Fsp3) is 0.588. The third-order valence-corrected chi connectivity index (χ3v) is 3.98. The van der Waals surface area contributed by atoms with Crippen molar-refractivity contribution in [3.05, 3.63) is 29.8 Å². The van der Waals surface area contributed by atoms with Gasteiger partial charge in [-0.2, -0.15) is 0 Å².